The van der Waals surface area contributed by atoms with Crippen molar-refractivity contribution in [3.63, 3.8) is 0 Å². The van der Waals surface area contributed by atoms with Gasteiger partial charge in [-0.05, 0) is 6.92 Å². The van der Waals surface area contributed by atoms with Crippen molar-refractivity contribution in [2.24, 2.45) is 0 Å². The summed E-state index contributed by atoms with van der Waals surface area (Å²) < 4.78 is 24.8. The van der Waals surface area contributed by atoms with Gasteiger partial charge in [0.05, 0.1) is 6.54 Å². The van der Waals surface area contributed by atoms with Crippen LogP contribution >= 0.6 is 11.3 Å². The van der Waals surface area contributed by atoms with Gasteiger partial charge in [-0.1, -0.05) is 29.8 Å². The minimum absolute atomic E-state index is 0.124. The van der Waals surface area contributed by atoms with E-state index in [1.54, 1.807) is 15.2 Å². The molecule has 1 aliphatic heterocycles. The molecule has 7 heteroatoms. The number of thiazole rings is 1. The summed E-state index contributed by atoms with van der Waals surface area (Å²) in [5, 5.41) is 2.58. The fraction of sp³-hybridized carbons (Fsp3) is 0.412. The van der Waals surface area contributed by atoms with Crippen LogP contribution in [-0.2, 0) is 0 Å². The summed E-state index contributed by atoms with van der Waals surface area (Å²) in [6.07, 6.45) is -2.33. The van der Waals surface area contributed by atoms with Gasteiger partial charge in [0.15, 0.2) is 0 Å². The number of alkyl halides is 2. The summed E-state index contributed by atoms with van der Waals surface area (Å²) in [6.45, 7) is 3.67. The van der Waals surface area contributed by atoms with Gasteiger partial charge in [0, 0.05) is 37.1 Å². The smallest absolute Gasteiger partial charge is 0.273 e. The molecule has 1 fully saturated rings. The number of nitrogens with zero attached hydrogens (tertiary/aromatic N) is 3. The molecule has 0 atom stereocenters. The Labute approximate surface area is 143 Å². The second-order valence-corrected chi connectivity index (χ2v) is 6.75. The highest BCUT2D eigenvalue weighted by molar-refractivity contribution is 7.13. The van der Waals surface area contributed by atoms with E-state index in [2.05, 4.69) is 4.98 Å². The van der Waals surface area contributed by atoms with Gasteiger partial charge in [-0.25, -0.2) is 13.8 Å². The van der Waals surface area contributed by atoms with Gasteiger partial charge in [-0.3, -0.25) is 9.69 Å². The molecule has 0 saturated carbocycles. The largest absolute Gasteiger partial charge is 0.335 e. The zero-order chi connectivity index (χ0) is 17.1. The van der Waals surface area contributed by atoms with Crippen LogP contribution in [0.1, 0.15) is 16.1 Å². The maximum atomic E-state index is 12.5. The van der Waals surface area contributed by atoms with E-state index < -0.39 is 6.43 Å². The number of hydrogen-bond acceptors (Lipinski definition) is 4. The fourth-order valence-corrected chi connectivity index (χ4v) is 3.49. The second kappa shape index (κ2) is 7.36. The van der Waals surface area contributed by atoms with E-state index in [4.69, 9.17) is 0 Å². The molecule has 0 unspecified atom stereocenters. The maximum absolute atomic E-state index is 12.5. The molecule has 0 N–H and O–H groups in total. The van der Waals surface area contributed by atoms with Gasteiger partial charge in [0.25, 0.3) is 12.3 Å². The van der Waals surface area contributed by atoms with Gasteiger partial charge in [0.2, 0.25) is 0 Å². The van der Waals surface area contributed by atoms with E-state index in [9.17, 15) is 13.6 Å². The molecule has 1 aromatic carbocycles. The molecular formula is C17H19F2N3OS. The van der Waals surface area contributed by atoms with Gasteiger partial charge < -0.3 is 4.90 Å². The third-order valence-electron chi connectivity index (χ3n) is 4.08. The molecule has 0 radical (unpaired) electrons. The molecule has 3 rings (SSSR count). The Bertz CT molecular complexity index is 694. The Morgan fingerprint density at radius 3 is 2.50 bits per heavy atom. The topological polar surface area (TPSA) is 36.4 Å². The fourth-order valence-electron chi connectivity index (χ4n) is 2.69. The van der Waals surface area contributed by atoms with Crippen LogP contribution in [0.5, 0.6) is 0 Å². The zero-order valence-electron chi connectivity index (χ0n) is 13.4. The quantitative estimate of drug-likeness (QED) is 0.849. The molecule has 0 bridgehead atoms. The molecule has 2 heterocycles. The Morgan fingerprint density at radius 2 is 1.88 bits per heavy atom. The highest BCUT2D eigenvalue weighted by atomic mass is 32.1. The first kappa shape index (κ1) is 17.0. The SMILES string of the molecule is Cc1ccc(-c2nc(C(=O)N3CCN(CC(F)F)CC3)cs2)cc1. The molecule has 0 aliphatic carbocycles. The van der Waals surface area contributed by atoms with Gasteiger partial charge in [0.1, 0.15) is 10.7 Å². The van der Waals surface area contributed by atoms with Crippen LogP contribution < -0.4 is 0 Å². The third kappa shape index (κ3) is 3.96. The molecule has 0 spiro atoms. The number of aryl methyl sites for hydroxylation is 1. The molecule has 1 aromatic heterocycles. The van der Waals surface area contributed by atoms with E-state index in [1.165, 1.54) is 16.9 Å². The first-order valence-electron chi connectivity index (χ1n) is 7.85. The molecule has 1 aliphatic rings. The minimum atomic E-state index is -2.33. The van der Waals surface area contributed by atoms with Crippen molar-refractivity contribution >= 4 is 17.2 Å². The molecule has 1 amide bonds. The van der Waals surface area contributed by atoms with Crippen molar-refractivity contribution in [2.45, 2.75) is 13.3 Å². The van der Waals surface area contributed by atoms with E-state index in [-0.39, 0.29) is 12.5 Å². The number of benzene rings is 1. The van der Waals surface area contributed by atoms with Crippen molar-refractivity contribution in [3.8, 4) is 10.6 Å². The van der Waals surface area contributed by atoms with E-state index in [1.807, 2.05) is 31.2 Å². The third-order valence-corrected chi connectivity index (χ3v) is 4.97. The normalized spacial score (nSPS) is 15.9. The summed E-state index contributed by atoms with van der Waals surface area (Å²) in [6, 6.07) is 8.01. The van der Waals surface area contributed by atoms with Gasteiger partial charge >= 0.3 is 0 Å². The number of amides is 1. The average molecular weight is 351 g/mol. The number of rotatable bonds is 4. The monoisotopic (exact) mass is 351 g/mol. The van der Waals surface area contributed by atoms with Crippen LogP contribution in [0.4, 0.5) is 8.78 Å². The Balaban J connectivity index is 1.63. The first-order valence-corrected chi connectivity index (χ1v) is 8.73. The Hall–Kier alpha value is -1.86. The number of aromatic nitrogens is 1. The number of carbonyl (C=O) groups excluding carboxylic acids is 1. The summed E-state index contributed by atoms with van der Waals surface area (Å²) in [7, 11) is 0. The predicted octanol–water partition coefficient (Wildman–Crippen LogP) is 3.14. The van der Waals surface area contributed by atoms with Crippen LogP contribution in [0.2, 0.25) is 0 Å². The van der Waals surface area contributed by atoms with Crippen molar-refractivity contribution in [1.29, 1.82) is 0 Å². The number of piperazine rings is 1. The maximum Gasteiger partial charge on any atom is 0.273 e. The van der Waals surface area contributed by atoms with Crippen LogP contribution in [0.3, 0.4) is 0 Å². The van der Waals surface area contributed by atoms with E-state index in [0.717, 1.165) is 10.6 Å². The van der Waals surface area contributed by atoms with E-state index in [0.29, 0.717) is 31.9 Å². The van der Waals surface area contributed by atoms with Gasteiger partial charge in [-0.2, -0.15) is 0 Å². The Morgan fingerprint density at radius 1 is 1.21 bits per heavy atom. The summed E-state index contributed by atoms with van der Waals surface area (Å²) in [5.74, 6) is -0.124. The molecule has 128 valence electrons. The molecule has 24 heavy (non-hydrogen) atoms. The number of halogens is 2. The lowest BCUT2D eigenvalue weighted by Gasteiger charge is -2.34. The van der Waals surface area contributed by atoms with Crippen molar-refractivity contribution < 1.29 is 13.6 Å². The predicted molar refractivity (Wildman–Crippen MR) is 90.6 cm³/mol. The van der Waals surface area contributed by atoms with Crippen molar-refractivity contribution in [1.82, 2.24) is 14.8 Å². The number of hydrogen-bond donors (Lipinski definition) is 0. The molecule has 4 nitrogen and oxygen atoms in total. The summed E-state index contributed by atoms with van der Waals surface area (Å²) >= 11 is 1.44. The van der Waals surface area contributed by atoms with Crippen molar-refractivity contribution in [3.05, 3.63) is 40.9 Å². The highest BCUT2D eigenvalue weighted by Gasteiger charge is 2.25. The second-order valence-electron chi connectivity index (χ2n) is 5.89. The van der Waals surface area contributed by atoms with Crippen molar-refractivity contribution in [2.75, 3.05) is 32.7 Å². The lowest BCUT2D eigenvalue weighted by atomic mass is 10.2. The average Bonchev–Trinajstić information content (AvgIpc) is 3.05. The summed E-state index contributed by atoms with van der Waals surface area (Å²) in [5.41, 5.74) is 2.59. The molecular weight excluding hydrogens is 332 g/mol. The lowest BCUT2D eigenvalue weighted by molar-refractivity contribution is 0.0456. The zero-order valence-corrected chi connectivity index (χ0v) is 14.2. The van der Waals surface area contributed by atoms with Crippen LogP contribution in [-0.4, -0.2) is 59.8 Å². The molecule has 1 saturated heterocycles. The summed E-state index contributed by atoms with van der Waals surface area (Å²) in [4.78, 5) is 20.4. The van der Waals surface area contributed by atoms with Crippen LogP contribution in [0, 0.1) is 6.92 Å². The standard InChI is InChI=1S/C17H19F2N3OS/c1-12-2-4-13(5-3-12)16-20-14(11-24-16)17(23)22-8-6-21(7-9-22)10-15(18)19/h2-5,11,15H,6-10H2,1H3. The van der Waals surface area contributed by atoms with Crippen LogP contribution in [0.25, 0.3) is 10.6 Å². The number of carbonyl (C=O) groups is 1. The van der Waals surface area contributed by atoms with E-state index >= 15 is 0 Å². The molecule has 2 aromatic rings. The first-order chi connectivity index (χ1) is 11.5. The lowest BCUT2D eigenvalue weighted by Crippen LogP contribution is -2.49. The highest BCUT2D eigenvalue weighted by Crippen LogP contribution is 2.24. The Kier molecular flexibility index (Phi) is 5.20. The van der Waals surface area contributed by atoms with Crippen LogP contribution in [0.15, 0.2) is 29.6 Å². The van der Waals surface area contributed by atoms with Gasteiger partial charge in [-0.15, -0.1) is 11.3 Å². The minimum Gasteiger partial charge on any atom is -0.335 e.